The lowest BCUT2D eigenvalue weighted by Gasteiger charge is -2.07. The number of aromatic nitrogens is 2. The number of anilines is 1. The summed E-state index contributed by atoms with van der Waals surface area (Å²) < 4.78 is 1.90. The zero-order chi connectivity index (χ0) is 12.4. The summed E-state index contributed by atoms with van der Waals surface area (Å²) in [6, 6.07) is 8.62. The van der Waals surface area contributed by atoms with E-state index in [1.54, 1.807) is 0 Å². The second-order valence-corrected chi connectivity index (χ2v) is 4.86. The van der Waals surface area contributed by atoms with Crippen LogP contribution in [0.3, 0.4) is 0 Å². The molecule has 0 unspecified atom stereocenters. The molecule has 1 heterocycles. The Labute approximate surface area is 102 Å². The SMILES string of the molecule is CC(C)Cc1ccc(-c2cnc(N)n2C)cc1. The average Bonchev–Trinajstić information content (AvgIpc) is 2.60. The first-order valence-electron chi connectivity index (χ1n) is 5.94. The summed E-state index contributed by atoms with van der Waals surface area (Å²) in [5, 5.41) is 0. The maximum absolute atomic E-state index is 5.73. The predicted octanol–water partition coefficient (Wildman–Crippen LogP) is 2.87. The third-order valence-electron chi connectivity index (χ3n) is 2.92. The zero-order valence-electron chi connectivity index (χ0n) is 10.6. The van der Waals surface area contributed by atoms with Crippen molar-refractivity contribution in [1.82, 2.24) is 9.55 Å². The highest BCUT2D eigenvalue weighted by Crippen LogP contribution is 2.21. The number of nitrogens with zero attached hydrogens (tertiary/aromatic N) is 2. The monoisotopic (exact) mass is 229 g/mol. The van der Waals surface area contributed by atoms with Crippen LogP contribution >= 0.6 is 0 Å². The fourth-order valence-electron chi connectivity index (χ4n) is 1.98. The molecule has 90 valence electrons. The Kier molecular flexibility index (Phi) is 3.18. The smallest absolute Gasteiger partial charge is 0.200 e. The van der Waals surface area contributed by atoms with Gasteiger partial charge in [-0.3, -0.25) is 0 Å². The van der Waals surface area contributed by atoms with Gasteiger partial charge in [-0.25, -0.2) is 4.98 Å². The van der Waals surface area contributed by atoms with E-state index < -0.39 is 0 Å². The van der Waals surface area contributed by atoms with E-state index in [0.29, 0.717) is 11.9 Å². The molecular formula is C14H19N3. The lowest BCUT2D eigenvalue weighted by atomic mass is 10.0. The van der Waals surface area contributed by atoms with Crippen molar-refractivity contribution in [3.05, 3.63) is 36.0 Å². The van der Waals surface area contributed by atoms with E-state index in [0.717, 1.165) is 17.7 Å². The van der Waals surface area contributed by atoms with E-state index in [-0.39, 0.29) is 0 Å². The van der Waals surface area contributed by atoms with Crippen LogP contribution in [0.25, 0.3) is 11.3 Å². The van der Waals surface area contributed by atoms with Crippen molar-refractivity contribution in [2.75, 3.05) is 5.73 Å². The Hall–Kier alpha value is -1.77. The van der Waals surface area contributed by atoms with Crippen LogP contribution in [0, 0.1) is 5.92 Å². The summed E-state index contributed by atoms with van der Waals surface area (Å²) in [4.78, 5) is 4.10. The van der Waals surface area contributed by atoms with Gasteiger partial charge < -0.3 is 10.3 Å². The molecule has 0 aliphatic heterocycles. The maximum atomic E-state index is 5.73. The molecule has 2 aromatic rings. The van der Waals surface area contributed by atoms with Crippen molar-refractivity contribution in [3.63, 3.8) is 0 Å². The molecule has 3 nitrogen and oxygen atoms in total. The van der Waals surface area contributed by atoms with Gasteiger partial charge in [0.15, 0.2) is 5.95 Å². The van der Waals surface area contributed by atoms with Crippen LogP contribution in [0.4, 0.5) is 5.95 Å². The van der Waals surface area contributed by atoms with E-state index in [4.69, 9.17) is 5.73 Å². The molecule has 0 aliphatic rings. The average molecular weight is 229 g/mol. The topological polar surface area (TPSA) is 43.8 Å². The van der Waals surface area contributed by atoms with Crippen LogP contribution in [0.1, 0.15) is 19.4 Å². The van der Waals surface area contributed by atoms with Gasteiger partial charge in [0.05, 0.1) is 11.9 Å². The van der Waals surface area contributed by atoms with E-state index >= 15 is 0 Å². The summed E-state index contributed by atoms with van der Waals surface area (Å²) in [5.74, 6) is 1.24. The summed E-state index contributed by atoms with van der Waals surface area (Å²) in [6.45, 7) is 4.46. The van der Waals surface area contributed by atoms with Gasteiger partial charge in [-0.15, -0.1) is 0 Å². The van der Waals surface area contributed by atoms with Gasteiger partial charge in [-0.1, -0.05) is 38.1 Å². The molecule has 1 aromatic heterocycles. The molecule has 0 fully saturated rings. The molecule has 2 rings (SSSR count). The van der Waals surface area contributed by atoms with E-state index in [1.807, 2.05) is 17.8 Å². The molecule has 0 bridgehead atoms. The molecule has 0 saturated carbocycles. The van der Waals surface area contributed by atoms with Crippen molar-refractivity contribution in [3.8, 4) is 11.3 Å². The van der Waals surface area contributed by atoms with E-state index in [2.05, 4.69) is 43.1 Å². The fourth-order valence-corrected chi connectivity index (χ4v) is 1.98. The molecule has 3 heteroatoms. The molecule has 0 atom stereocenters. The number of benzene rings is 1. The van der Waals surface area contributed by atoms with Crippen molar-refractivity contribution in [1.29, 1.82) is 0 Å². The largest absolute Gasteiger partial charge is 0.369 e. The predicted molar refractivity (Wildman–Crippen MR) is 71.6 cm³/mol. The van der Waals surface area contributed by atoms with Gasteiger partial charge in [0.2, 0.25) is 0 Å². The van der Waals surface area contributed by atoms with Crippen molar-refractivity contribution >= 4 is 5.95 Å². The highest BCUT2D eigenvalue weighted by atomic mass is 15.1. The first kappa shape index (κ1) is 11.7. The lowest BCUT2D eigenvalue weighted by molar-refractivity contribution is 0.647. The molecule has 17 heavy (non-hydrogen) atoms. The third-order valence-corrected chi connectivity index (χ3v) is 2.92. The number of hydrogen-bond acceptors (Lipinski definition) is 2. The van der Waals surface area contributed by atoms with Crippen LogP contribution in [0.15, 0.2) is 30.5 Å². The molecule has 0 radical (unpaired) electrons. The molecule has 0 spiro atoms. The van der Waals surface area contributed by atoms with Crippen LogP contribution in [0.2, 0.25) is 0 Å². The lowest BCUT2D eigenvalue weighted by Crippen LogP contribution is -1.99. The minimum absolute atomic E-state index is 0.547. The molecule has 0 saturated heterocycles. The van der Waals surface area contributed by atoms with Gasteiger partial charge in [0.25, 0.3) is 0 Å². The molecular weight excluding hydrogens is 210 g/mol. The van der Waals surface area contributed by atoms with Crippen LogP contribution < -0.4 is 5.73 Å². The van der Waals surface area contributed by atoms with Gasteiger partial charge in [0, 0.05) is 7.05 Å². The van der Waals surface area contributed by atoms with Crippen LogP contribution in [-0.4, -0.2) is 9.55 Å². The summed E-state index contributed by atoms with van der Waals surface area (Å²) in [6.07, 6.45) is 2.93. The first-order valence-corrected chi connectivity index (χ1v) is 5.94. The number of nitrogens with two attached hydrogens (primary N) is 1. The number of rotatable bonds is 3. The Bertz CT molecular complexity index is 495. The summed E-state index contributed by atoms with van der Waals surface area (Å²) >= 11 is 0. The minimum atomic E-state index is 0.547. The van der Waals surface area contributed by atoms with Crippen LogP contribution in [0.5, 0.6) is 0 Å². The second kappa shape index (κ2) is 4.62. The van der Waals surface area contributed by atoms with Crippen molar-refractivity contribution in [2.45, 2.75) is 20.3 Å². The summed E-state index contributed by atoms with van der Waals surface area (Å²) in [7, 11) is 1.93. The fraction of sp³-hybridized carbons (Fsp3) is 0.357. The molecule has 1 aromatic carbocycles. The van der Waals surface area contributed by atoms with Crippen molar-refractivity contribution in [2.24, 2.45) is 13.0 Å². The summed E-state index contributed by atoms with van der Waals surface area (Å²) in [5.41, 5.74) is 9.31. The number of imidazole rings is 1. The van der Waals surface area contributed by atoms with Gasteiger partial charge in [-0.05, 0) is 23.5 Å². The molecule has 2 N–H and O–H groups in total. The van der Waals surface area contributed by atoms with Gasteiger partial charge >= 0.3 is 0 Å². The van der Waals surface area contributed by atoms with Gasteiger partial charge in [-0.2, -0.15) is 0 Å². The van der Waals surface area contributed by atoms with Crippen molar-refractivity contribution < 1.29 is 0 Å². The Balaban J connectivity index is 2.26. The molecule has 0 amide bonds. The number of hydrogen-bond donors (Lipinski definition) is 1. The Morgan fingerprint density at radius 3 is 2.35 bits per heavy atom. The quantitative estimate of drug-likeness (QED) is 0.879. The number of nitrogen functional groups attached to an aromatic ring is 1. The third kappa shape index (κ3) is 2.49. The Morgan fingerprint density at radius 2 is 1.88 bits per heavy atom. The van der Waals surface area contributed by atoms with Crippen LogP contribution in [-0.2, 0) is 13.5 Å². The Morgan fingerprint density at radius 1 is 1.24 bits per heavy atom. The highest BCUT2D eigenvalue weighted by molar-refractivity contribution is 5.61. The normalized spacial score (nSPS) is 11.1. The van der Waals surface area contributed by atoms with Gasteiger partial charge in [0.1, 0.15) is 0 Å². The second-order valence-electron chi connectivity index (χ2n) is 4.86. The zero-order valence-corrected chi connectivity index (χ0v) is 10.6. The van der Waals surface area contributed by atoms with E-state index in [1.165, 1.54) is 5.56 Å². The molecule has 0 aliphatic carbocycles. The van der Waals surface area contributed by atoms with E-state index in [9.17, 15) is 0 Å². The minimum Gasteiger partial charge on any atom is -0.369 e. The highest BCUT2D eigenvalue weighted by Gasteiger charge is 2.06. The maximum Gasteiger partial charge on any atom is 0.200 e. The standard InChI is InChI=1S/C14H19N3/c1-10(2)8-11-4-6-12(7-5-11)13-9-16-14(15)17(13)3/h4-7,9-10H,8H2,1-3H3,(H2,15,16). The first-order chi connectivity index (χ1) is 8.08.